The van der Waals surface area contributed by atoms with Gasteiger partial charge in [0.2, 0.25) is 5.91 Å². The summed E-state index contributed by atoms with van der Waals surface area (Å²) in [5.41, 5.74) is 6.88. The summed E-state index contributed by atoms with van der Waals surface area (Å²) in [6.45, 7) is 0. The number of amides is 2. The normalized spacial score (nSPS) is 23.3. The van der Waals surface area contributed by atoms with Gasteiger partial charge in [0.05, 0.1) is 5.56 Å². The van der Waals surface area contributed by atoms with E-state index in [0.29, 0.717) is 23.4 Å². The molecule has 2 amide bonds. The molecule has 0 aliphatic heterocycles. The van der Waals surface area contributed by atoms with E-state index < -0.39 is 23.7 Å². The van der Waals surface area contributed by atoms with Gasteiger partial charge in [-0.3, -0.25) is 9.59 Å². The van der Waals surface area contributed by atoms with Gasteiger partial charge in [-0.25, -0.2) is 0 Å². The molecule has 7 heteroatoms. The molecular weight excluding hydrogens is 328 g/mol. The Morgan fingerprint density at radius 3 is 2.38 bits per heavy atom. The lowest BCUT2D eigenvalue weighted by Gasteiger charge is -2.31. The van der Waals surface area contributed by atoms with Crippen LogP contribution in [-0.2, 0) is 22.4 Å². The quantitative estimate of drug-likeness (QED) is 0.851. The Bertz CT molecular complexity index is 682. The molecule has 2 aliphatic rings. The summed E-state index contributed by atoms with van der Waals surface area (Å²) in [5.74, 6) is -3.42. The van der Waals surface area contributed by atoms with Crippen LogP contribution < -0.4 is 16.2 Å². The minimum Gasteiger partial charge on any atom is -0.550 e. The monoisotopic (exact) mass is 349 g/mol. The summed E-state index contributed by atoms with van der Waals surface area (Å²) in [7, 11) is 0. The fraction of sp³-hybridized carbons (Fsp3) is 0.588. The van der Waals surface area contributed by atoms with E-state index in [2.05, 4.69) is 5.32 Å². The van der Waals surface area contributed by atoms with E-state index in [0.717, 1.165) is 49.0 Å². The summed E-state index contributed by atoms with van der Waals surface area (Å²) in [6, 6.07) is 0. The molecule has 3 rings (SSSR count). The van der Waals surface area contributed by atoms with E-state index >= 15 is 0 Å². The number of nitrogens with two attached hydrogens (primary N) is 1. The highest BCUT2D eigenvalue weighted by Gasteiger charge is 2.33. The summed E-state index contributed by atoms with van der Waals surface area (Å²) >= 11 is 1.40. The number of carboxylic acids is 1. The van der Waals surface area contributed by atoms with Gasteiger partial charge in [-0.15, -0.1) is 11.3 Å². The smallest absolute Gasteiger partial charge is 0.251 e. The maximum Gasteiger partial charge on any atom is 0.251 e. The lowest BCUT2D eigenvalue weighted by atomic mass is 9.78. The highest BCUT2D eigenvalue weighted by molar-refractivity contribution is 7.17. The highest BCUT2D eigenvalue weighted by Crippen LogP contribution is 2.39. The predicted octanol–water partition coefficient (Wildman–Crippen LogP) is 1.22. The van der Waals surface area contributed by atoms with Crippen LogP contribution >= 0.6 is 11.3 Å². The third kappa shape index (κ3) is 3.17. The lowest BCUT2D eigenvalue weighted by molar-refractivity contribution is -0.313. The molecule has 1 heterocycles. The Balaban J connectivity index is 1.85. The second-order valence-electron chi connectivity index (χ2n) is 6.59. The molecule has 0 saturated heterocycles. The van der Waals surface area contributed by atoms with Crippen molar-refractivity contribution < 1.29 is 19.5 Å². The molecule has 2 aliphatic carbocycles. The number of thiophene rings is 1. The molecule has 1 fully saturated rings. The fourth-order valence-corrected chi connectivity index (χ4v) is 5.14. The third-order valence-electron chi connectivity index (χ3n) is 5.06. The van der Waals surface area contributed by atoms with Gasteiger partial charge in [0.25, 0.3) is 5.91 Å². The Labute approximate surface area is 144 Å². The van der Waals surface area contributed by atoms with Crippen molar-refractivity contribution in [2.75, 3.05) is 5.32 Å². The number of carbonyl (C=O) groups excluding carboxylic acids is 3. The Morgan fingerprint density at radius 2 is 1.71 bits per heavy atom. The summed E-state index contributed by atoms with van der Waals surface area (Å²) < 4.78 is 0. The lowest BCUT2D eigenvalue weighted by Crippen LogP contribution is -2.42. The van der Waals surface area contributed by atoms with Gasteiger partial charge >= 0.3 is 0 Å². The van der Waals surface area contributed by atoms with Crippen LogP contribution in [0.2, 0.25) is 0 Å². The van der Waals surface area contributed by atoms with Crippen molar-refractivity contribution in [3.63, 3.8) is 0 Å². The van der Waals surface area contributed by atoms with Gasteiger partial charge in [-0.1, -0.05) is 12.8 Å². The summed E-state index contributed by atoms with van der Waals surface area (Å²) in [6.07, 6.45) is 6.37. The number of aryl methyl sites for hydroxylation is 1. The molecule has 0 radical (unpaired) electrons. The van der Waals surface area contributed by atoms with E-state index in [1.54, 1.807) is 0 Å². The van der Waals surface area contributed by atoms with Crippen LogP contribution in [0.5, 0.6) is 0 Å². The number of anilines is 1. The highest BCUT2D eigenvalue weighted by atomic mass is 32.1. The molecule has 2 atom stereocenters. The predicted molar refractivity (Wildman–Crippen MR) is 88.6 cm³/mol. The van der Waals surface area contributed by atoms with E-state index in [4.69, 9.17) is 5.73 Å². The van der Waals surface area contributed by atoms with Gasteiger partial charge in [-0.2, -0.15) is 0 Å². The van der Waals surface area contributed by atoms with E-state index in [9.17, 15) is 19.5 Å². The van der Waals surface area contributed by atoms with Crippen molar-refractivity contribution in [2.45, 2.75) is 51.4 Å². The first-order valence-corrected chi connectivity index (χ1v) is 9.26. The number of rotatable bonds is 4. The van der Waals surface area contributed by atoms with Crippen molar-refractivity contribution in [1.29, 1.82) is 0 Å². The van der Waals surface area contributed by atoms with Crippen LogP contribution in [0, 0.1) is 11.8 Å². The van der Waals surface area contributed by atoms with Crippen molar-refractivity contribution in [2.24, 2.45) is 17.6 Å². The molecule has 0 aromatic carbocycles. The number of hydrogen-bond donors (Lipinski definition) is 2. The van der Waals surface area contributed by atoms with Crippen LogP contribution in [-0.4, -0.2) is 17.8 Å². The zero-order valence-corrected chi connectivity index (χ0v) is 14.2. The molecule has 130 valence electrons. The first-order valence-electron chi connectivity index (χ1n) is 8.45. The van der Waals surface area contributed by atoms with E-state index in [1.807, 2.05) is 0 Å². The molecular formula is C17H21N2O4S-. The van der Waals surface area contributed by atoms with Crippen LogP contribution in [0.1, 0.15) is 59.3 Å². The Kier molecular flexibility index (Phi) is 4.89. The molecule has 1 aromatic heterocycles. The van der Waals surface area contributed by atoms with Crippen molar-refractivity contribution >= 4 is 34.1 Å². The van der Waals surface area contributed by atoms with Crippen LogP contribution in [0.15, 0.2) is 0 Å². The first kappa shape index (κ1) is 17.0. The summed E-state index contributed by atoms with van der Waals surface area (Å²) in [5, 5.41) is 14.6. The SMILES string of the molecule is NC(=O)c1c(NC(=O)C2CCCCC2C(=O)[O-])sc2c1CCCC2. The maximum atomic E-state index is 12.6. The van der Waals surface area contributed by atoms with Gasteiger partial charge in [-0.05, 0) is 44.1 Å². The topological polar surface area (TPSA) is 112 Å². The molecule has 0 spiro atoms. The average Bonchev–Trinajstić information content (AvgIpc) is 2.92. The standard InChI is InChI=1S/C17H22N2O4S/c18-14(20)13-11-7-3-4-8-12(11)24-16(13)19-15(21)9-5-1-2-6-10(9)17(22)23/h9-10H,1-8H2,(H2,18,20)(H,19,21)(H,22,23)/p-1. The van der Waals surface area contributed by atoms with Crippen LogP contribution in [0.25, 0.3) is 0 Å². The number of hydrogen-bond acceptors (Lipinski definition) is 5. The molecule has 2 unspecified atom stereocenters. The van der Waals surface area contributed by atoms with Gasteiger partial charge in [0.15, 0.2) is 0 Å². The summed E-state index contributed by atoms with van der Waals surface area (Å²) in [4.78, 5) is 36.9. The van der Waals surface area contributed by atoms with Crippen molar-refractivity contribution in [1.82, 2.24) is 0 Å². The largest absolute Gasteiger partial charge is 0.550 e. The van der Waals surface area contributed by atoms with Gasteiger partial charge in [0, 0.05) is 22.7 Å². The fourth-order valence-electron chi connectivity index (χ4n) is 3.85. The second kappa shape index (κ2) is 6.93. The number of carboxylic acid groups (broad SMARTS) is 1. The third-order valence-corrected chi connectivity index (χ3v) is 6.27. The van der Waals surface area contributed by atoms with E-state index in [-0.39, 0.29) is 5.91 Å². The first-order chi connectivity index (χ1) is 11.5. The number of nitrogens with one attached hydrogen (secondary N) is 1. The number of carbonyl (C=O) groups is 3. The van der Waals surface area contributed by atoms with E-state index in [1.165, 1.54) is 11.3 Å². The zero-order valence-electron chi connectivity index (χ0n) is 13.4. The van der Waals surface area contributed by atoms with Crippen molar-refractivity contribution in [3.8, 4) is 0 Å². The number of fused-ring (bicyclic) bond motifs is 1. The second-order valence-corrected chi connectivity index (χ2v) is 7.69. The molecule has 0 bridgehead atoms. The average molecular weight is 349 g/mol. The molecule has 6 nitrogen and oxygen atoms in total. The minimum absolute atomic E-state index is 0.343. The van der Waals surface area contributed by atoms with Crippen LogP contribution in [0.3, 0.4) is 0 Å². The van der Waals surface area contributed by atoms with Crippen LogP contribution in [0.4, 0.5) is 5.00 Å². The minimum atomic E-state index is -1.17. The molecule has 24 heavy (non-hydrogen) atoms. The van der Waals surface area contributed by atoms with Gasteiger partial charge in [0.1, 0.15) is 5.00 Å². The van der Waals surface area contributed by atoms with Gasteiger partial charge < -0.3 is 21.0 Å². The molecule has 1 saturated carbocycles. The number of primary amides is 1. The maximum absolute atomic E-state index is 12.6. The molecule has 3 N–H and O–H groups in total. The Morgan fingerprint density at radius 1 is 1.04 bits per heavy atom. The zero-order chi connectivity index (χ0) is 17.3. The van der Waals surface area contributed by atoms with Crippen molar-refractivity contribution in [3.05, 3.63) is 16.0 Å². The Hall–Kier alpha value is -1.89. The molecule has 1 aromatic rings. The number of aliphatic carboxylic acids is 1.